The zero-order valence-corrected chi connectivity index (χ0v) is 12.6. The molecule has 0 fully saturated rings. The molecule has 5 nitrogen and oxygen atoms in total. The predicted molar refractivity (Wildman–Crippen MR) is 80.8 cm³/mol. The number of thioether (sulfide) groups is 1. The van der Waals surface area contributed by atoms with Gasteiger partial charge in [0.05, 0.1) is 10.7 Å². The van der Waals surface area contributed by atoms with Gasteiger partial charge in [0.15, 0.2) is 5.16 Å². The highest BCUT2D eigenvalue weighted by Crippen LogP contribution is 2.27. The van der Waals surface area contributed by atoms with Gasteiger partial charge in [-0.05, 0) is 25.0 Å². The van der Waals surface area contributed by atoms with E-state index in [0.717, 1.165) is 29.6 Å². The monoisotopic (exact) mass is 309 g/mol. The summed E-state index contributed by atoms with van der Waals surface area (Å²) in [5.41, 5.74) is 6.49. The van der Waals surface area contributed by atoms with Gasteiger partial charge in [0.25, 0.3) is 0 Å². The van der Waals surface area contributed by atoms with Gasteiger partial charge in [-0.15, -0.1) is 10.2 Å². The van der Waals surface area contributed by atoms with Gasteiger partial charge in [-0.3, -0.25) is 0 Å². The number of aromatic nitrogens is 4. The first-order chi connectivity index (χ1) is 9.74. The number of aryl methyl sites for hydroxylation is 1. The first-order valence-electron chi connectivity index (χ1n) is 6.70. The number of nitrogens with two attached hydrogens (primary N) is 1. The number of rotatable bonds is 3. The fraction of sp³-hybridized carbons (Fsp3) is 0.462. The maximum Gasteiger partial charge on any atom is 0.191 e. The van der Waals surface area contributed by atoms with Gasteiger partial charge in [0.2, 0.25) is 0 Å². The van der Waals surface area contributed by atoms with E-state index in [1.165, 1.54) is 19.3 Å². The highest BCUT2D eigenvalue weighted by Gasteiger charge is 2.15. The number of fused-ring (bicyclic) bond motifs is 1. The first kappa shape index (κ1) is 13.7. The van der Waals surface area contributed by atoms with Crippen LogP contribution in [0.25, 0.3) is 0 Å². The molecule has 3 rings (SSSR count). The Hall–Kier alpha value is -1.27. The number of nitrogens with zero attached hydrogens (tertiary/aromatic N) is 4. The first-order valence-corrected chi connectivity index (χ1v) is 8.06. The van der Waals surface area contributed by atoms with Crippen LogP contribution >= 0.6 is 23.4 Å². The van der Waals surface area contributed by atoms with Crippen LogP contribution in [0.15, 0.2) is 17.3 Å². The zero-order chi connectivity index (χ0) is 13.9. The number of nitrogen functional groups attached to an aromatic ring is 1. The number of pyridine rings is 1. The van der Waals surface area contributed by atoms with Gasteiger partial charge >= 0.3 is 0 Å². The second-order valence-electron chi connectivity index (χ2n) is 4.81. The largest absolute Gasteiger partial charge is 0.384 e. The summed E-state index contributed by atoms with van der Waals surface area (Å²) in [5.74, 6) is 2.24. The lowest BCUT2D eigenvalue weighted by Crippen LogP contribution is -2.02. The van der Waals surface area contributed by atoms with Crippen molar-refractivity contribution in [1.29, 1.82) is 0 Å². The Kier molecular flexibility index (Phi) is 4.12. The SMILES string of the molecule is Nc1ccc(Cl)c(CSc2nnc3n2CCCCC3)n1. The Morgan fingerprint density at radius 3 is 3.05 bits per heavy atom. The van der Waals surface area contributed by atoms with Crippen LogP contribution in [-0.2, 0) is 18.7 Å². The van der Waals surface area contributed by atoms with E-state index in [1.807, 2.05) is 0 Å². The molecule has 0 atom stereocenters. The van der Waals surface area contributed by atoms with E-state index < -0.39 is 0 Å². The maximum absolute atomic E-state index is 6.13. The molecule has 106 valence electrons. The van der Waals surface area contributed by atoms with Crippen LogP contribution in [0, 0.1) is 0 Å². The van der Waals surface area contributed by atoms with Crippen molar-refractivity contribution in [2.45, 2.75) is 43.1 Å². The standard InChI is InChI=1S/C13H16ClN5S/c14-9-5-6-11(15)16-10(9)8-20-13-18-17-12-4-2-1-3-7-19(12)13/h5-6H,1-4,7-8H2,(H2,15,16). The van der Waals surface area contributed by atoms with Gasteiger partial charge in [-0.1, -0.05) is 29.8 Å². The molecule has 0 spiro atoms. The molecule has 0 saturated heterocycles. The summed E-state index contributed by atoms with van der Waals surface area (Å²) in [4.78, 5) is 4.27. The van der Waals surface area contributed by atoms with Crippen molar-refractivity contribution < 1.29 is 0 Å². The summed E-state index contributed by atoms with van der Waals surface area (Å²) in [6.07, 6.45) is 4.67. The average Bonchev–Trinajstić information content (AvgIpc) is 2.68. The second-order valence-corrected chi connectivity index (χ2v) is 6.16. The molecule has 2 N–H and O–H groups in total. The summed E-state index contributed by atoms with van der Waals surface area (Å²) in [6, 6.07) is 3.49. The van der Waals surface area contributed by atoms with Crippen molar-refractivity contribution in [2.75, 3.05) is 5.73 Å². The summed E-state index contributed by atoms with van der Waals surface area (Å²) in [7, 11) is 0. The lowest BCUT2D eigenvalue weighted by molar-refractivity contribution is 0.591. The third kappa shape index (κ3) is 2.91. The third-order valence-corrected chi connectivity index (χ3v) is 4.68. The van der Waals surface area contributed by atoms with E-state index in [9.17, 15) is 0 Å². The molecule has 2 aromatic heterocycles. The summed E-state index contributed by atoms with van der Waals surface area (Å²) in [5, 5.41) is 10.2. The second kappa shape index (κ2) is 6.01. The Labute approximate surface area is 126 Å². The fourth-order valence-electron chi connectivity index (χ4n) is 2.30. The zero-order valence-electron chi connectivity index (χ0n) is 11.0. The highest BCUT2D eigenvalue weighted by molar-refractivity contribution is 7.98. The lowest BCUT2D eigenvalue weighted by atomic mass is 10.2. The Bertz CT molecular complexity index is 613. The van der Waals surface area contributed by atoms with Gasteiger partial charge in [-0.2, -0.15) is 0 Å². The van der Waals surface area contributed by atoms with Crippen LogP contribution < -0.4 is 5.73 Å². The third-order valence-electron chi connectivity index (χ3n) is 3.35. The minimum Gasteiger partial charge on any atom is -0.384 e. The molecule has 0 saturated carbocycles. The Balaban J connectivity index is 1.75. The molecule has 0 aromatic carbocycles. The molecule has 0 amide bonds. The molecule has 7 heteroatoms. The van der Waals surface area contributed by atoms with E-state index >= 15 is 0 Å². The Morgan fingerprint density at radius 1 is 1.25 bits per heavy atom. The van der Waals surface area contributed by atoms with Gasteiger partial charge in [-0.25, -0.2) is 4.98 Å². The molecule has 0 unspecified atom stereocenters. The van der Waals surface area contributed by atoms with E-state index in [1.54, 1.807) is 23.9 Å². The topological polar surface area (TPSA) is 69.6 Å². The van der Waals surface area contributed by atoms with E-state index in [2.05, 4.69) is 19.7 Å². The smallest absolute Gasteiger partial charge is 0.191 e. The van der Waals surface area contributed by atoms with Crippen LogP contribution in [0.5, 0.6) is 0 Å². The van der Waals surface area contributed by atoms with Crippen molar-refractivity contribution in [3.05, 3.63) is 28.7 Å². The normalized spacial score (nSPS) is 14.8. The molecule has 0 bridgehead atoms. The van der Waals surface area contributed by atoms with Crippen LogP contribution in [0.3, 0.4) is 0 Å². The fourth-order valence-corrected chi connectivity index (χ4v) is 3.49. The number of hydrogen-bond acceptors (Lipinski definition) is 5. The molecule has 1 aliphatic rings. The molecule has 3 heterocycles. The molecule has 20 heavy (non-hydrogen) atoms. The number of anilines is 1. The lowest BCUT2D eigenvalue weighted by Gasteiger charge is -2.07. The van der Waals surface area contributed by atoms with Crippen LogP contribution in [0.4, 0.5) is 5.82 Å². The summed E-state index contributed by atoms with van der Waals surface area (Å²) in [6.45, 7) is 1.00. The van der Waals surface area contributed by atoms with Crippen molar-refractivity contribution >= 4 is 29.2 Å². The van der Waals surface area contributed by atoms with E-state index in [4.69, 9.17) is 17.3 Å². The van der Waals surface area contributed by atoms with E-state index in [-0.39, 0.29) is 0 Å². The van der Waals surface area contributed by atoms with Crippen molar-refractivity contribution in [2.24, 2.45) is 0 Å². The van der Waals surface area contributed by atoms with Crippen LogP contribution in [0.1, 0.15) is 30.8 Å². The molecular formula is C13H16ClN5S. The van der Waals surface area contributed by atoms with E-state index in [0.29, 0.717) is 16.6 Å². The van der Waals surface area contributed by atoms with Gasteiger partial charge in [0.1, 0.15) is 11.6 Å². The molecule has 0 radical (unpaired) electrons. The minimum atomic E-state index is 0.491. The minimum absolute atomic E-state index is 0.491. The number of hydrogen-bond donors (Lipinski definition) is 1. The van der Waals surface area contributed by atoms with Crippen molar-refractivity contribution in [1.82, 2.24) is 19.7 Å². The van der Waals surface area contributed by atoms with Gasteiger partial charge in [0, 0.05) is 18.7 Å². The molecular weight excluding hydrogens is 294 g/mol. The van der Waals surface area contributed by atoms with Crippen LogP contribution in [-0.4, -0.2) is 19.7 Å². The predicted octanol–water partition coefficient (Wildman–Crippen LogP) is 2.93. The molecule has 0 aliphatic carbocycles. The van der Waals surface area contributed by atoms with Crippen molar-refractivity contribution in [3.63, 3.8) is 0 Å². The van der Waals surface area contributed by atoms with Crippen molar-refractivity contribution in [3.8, 4) is 0 Å². The summed E-state index contributed by atoms with van der Waals surface area (Å²) < 4.78 is 2.22. The molecule has 2 aromatic rings. The van der Waals surface area contributed by atoms with Gasteiger partial charge < -0.3 is 10.3 Å². The molecule has 1 aliphatic heterocycles. The maximum atomic E-state index is 6.13. The highest BCUT2D eigenvalue weighted by atomic mass is 35.5. The quantitative estimate of drug-likeness (QED) is 0.883. The average molecular weight is 310 g/mol. The number of halogens is 1. The van der Waals surface area contributed by atoms with Crippen LogP contribution in [0.2, 0.25) is 5.02 Å². The Morgan fingerprint density at radius 2 is 2.15 bits per heavy atom. The summed E-state index contributed by atoms with van der Waals surface area (Å²) >= 11 is 7.75.